The van der Waals surface area contributed by atoms with E-state index in [0.717, 1.165) is 21.3 Å². The molecule has 2 heterocycles. The Morgan fingerprint density at radius 2 is 2.00 bits per heavy atom. The molecule has 2 aromatic heterocycles. The topological polar surface area (TPSA) is 60.7 Å². The monoisotopic (exact) mass is 376 g/mol. The Balaban J connectivity index is 1.73. The second kappa shape index (κ2) is 6.50. The minimum Gasteiger partial charge on any atom is -0.291 e. The number of thiophene rings is 1. The van der Waals surface area contributed by atoms with Crippen LogP contribution in [0.5, 0.6) is 0 Å². The Morgan fingerprint density at radius 1 is 1.23 bits per heavy atom. The Hall–Kier alpha value is -1.86. The fourth-order valence-electron chi connectivity index (χ4n) is 1.95. The first-order valence-electron chi connectivity index (χ1n) is 6.81. The van der Waals surface area contributed by atoms with E-state index < -0.39 is 0 Å². The molecule has 0 N–H and O–H groups in total. The van der Waals surface area contributed by atoms with Crippen LogP contribution in [0, 0.1) is 0 Å². The molecular weight excluding hydrogens is 364 g/mol. The third kappa shape index (κ3) is 3.31. The van der Waals surface area contributed by atoms with E-state index in [0.29, 0.717) is 5.82 Å². The first kappa shape index (κ1) is 15.1. The van der Waals surface area contributed by atoms with Crippen LogP contribution in [0.4, 0.5) is 0 Å². The highest BCUT2D eigenvalue weighted by Crippen LogP contribution is 2.19. The van der Waals surface area contributed by atoms with Crippen LogP contribution in [0.2, 0.25) is 0 Å². The normalized spacial score (nSPS) is 10.8. The number of tetrazole rings is 1. The lowest BCUT2D eigenvalue weighted by Crippen LogP contribution is -2.12. The van der Waals surface area contributed by atoms with Crippen molar-refractivity contribution < 1.29 is 4.79 Å². The smallest absolute Gasteiger partial charge is 0.204 e. The SMILES string of the molecule is CCc1ccc(C(=O)Cn2nnc(-c3ccc(Br)cc3)n2)s1. The van der Waals surface area contributed by atoms with Crippen LogP contribution >= 0.6 is 27.3 Å². The number of hydrogen-bond donors (Lipinski definition) is 0. The van der Waals surface area contributed by atoms with E-state index in [-0.39, 0.29) is 12.3 Å². The van der Waals surface area contributed by atoms with Gasteiger partial charge < -0.3 is 0 Å². The zero-order valence-corrected chi connectivity index (χ0v) is 14.3. The third-order valence-electron chi connectivity index (χ3n) is 3.13. The van der Waals surface area contributed by atoms with Gasteiger partial charge in [0.25, 0.3) is 0 Å². The molecule has 0 bridgehead atoms. The van der Waals surface area contributed by atoms with Gasteiger partial charge in [-0.2, -0.15) is 4.80 Å². The predicted octanol–water partition coefficient (Wildman–Crippen LogP) is 3.61. The number of rotatable bonds is 5. The molecule has 22 heavy (non-hydrogen) atoms. The van der Waals surface area contributed by atoms with E-state index >= 15 is 0 Å². The summed E-state index contributed by atoms with van der Waals surface area (Å²) in [5, 5.41) is 12.2. The van der Waals surface area contributed by atoms with Gasteiger partial charge in [-0.15, -0.1) is 21.5 Å². The summed E-state index contributed by atoms with van der Waals surface area (Å²) in [6, 6.07) is 11.5. The van der Waals surface area contributed by atoms with Crippen LogP contribution in [-0.4, -0.2) is 26.0 Å². The summed E-state index contributed by atoms with van der Waals surface area (Å²) in [6.07, 6.45) is 0.938. The second-order valence-corrected chi connectivity index (χ2v) is 6.78. The summed E-state index contributed by atoms with van der Waals surface area (Å²) in [7, 11) is 0. The van der Waals surface area contributed by atoms with Crippen LogP contribution in [0.15, 0.2) is 40.9 Å². The highest BCUT2D eigenvalue weighted by molar-refractivity contribution is 9.10. The summed E-state index contributed by atoms with van der Waals surface area (Å²) in [6.45, 7) is 2.18. The Labute approximate surface area is 140 Å². The largest absolute Gasteiger partial charge is 0.291 e. The molecule has 0 unspecified atom stereocenters. The van der Waals surface area contributed by atoms with Gasteiger partial charge in [0, 0.05) is 14.9 Å². The number of ketones is 1. The van der Waals surface area contributed by atoms with Gasteiger partial charge in [0.15, 0.2) is 5.78 Å². The van der Waals surface area contributed by atoms with Crippen molar-refractivity contribution in [3.05, 3.63) is 50.6 Å². The van der Waals surface area contributed by atoms with Crippen molar-refractivity contribution in [2.75, 3.05) is 0 Å². The quantitative estimate of drug-likeness (QED) is 0.638. The lowest BCUT2D eigenvalue weighted by Gasteiger charge is -1.96. The number of aryl methyl sites for hydroxylation is 1. The van der Waals surface area contributed by atoms with Crippen molar-refractivity contribution in [3.8, 4) is 11.4 Å². The molecule has 0 aliphatic heterocycles. The van der Waals surface area contributed by atoms with Crippen molar-refractivity contribution in [1.29, 1.82) is 0 Å². The number of carbonyl (C=O) groups excluding carboxylic acids is 1. The zero-order valence-electron chi connectivity index (χ0n) is 11.9. The predicted molar refractivity (Wildman–Crippen MR) is 89.0 cm³/mol. The van der Waals surface area contributed by atoms with Crippen LogP contribution in [0.3, 0.4) is 0 Å². The first-order valence-corrected chi connectivity index (χ1v) is 8.42. The molecule has 1 aromatic carbocycles. The van der Waals surface area contributed by atoms with Crippen molar-refractivity contribution in [3.63, 3.8) is 0 Å². The van der Waals surface area contributed by atoms with Gasteiger partial charge >= 0.3 is 0 Å². The average molecular weight is 377 g/mol. The number of aromatic nitrogens is 4. The molecule has 112 valence electrons. The van der Waals surface area contributed by atoms with Gasteiger partial charge in [0.2, 0.25) is 5.82 Å². The maximum atomic E-state index is 12.2. The van der Waals surface area contributed by atoms with Crippen molar-refractivity contribution in [2.45, 2.75) is 19.9 Å². The molecule has 7 heteroatoms. The first-order chi connectivity index (χ1) is 10.7. The number of carbonyl (C=O) groups is 1. The lowest BCUT2D eigenvalue weighted by atomic mass is 10.2. The van der Waals surface area contributed by atoms with Crippen molar-refractivity contribution in [1.82, 2.24) is 20.2 Å². The highest BCUT2D eigenvalue weighted by atomic mass is 79.9. The molecule has 0 saturated carbocycles. The summed E-state index contributed by atoms with van der Waals surface area (Å²) < 4.78 is 0.989. The minimum absolute atomic E-state index is 0.00413. The molecule has 0 spiro atoms. The zero-order chi connectivity index (χ0) is 15.5. The lowest BCUT2D eigenvalue weighted by molar-refractivity contribution is 0.0965. The van der Waals surface area contributed by atoms with Gasteiger partial charge in [-0.1, -0.05) is 22.9 Å². The van der Waals surface area contributed by atoms with E-state index in [9.17, 15) is 4.79 Å². The summed E-state index contributed by atoms with van der Waals surface area (Å²) in [5.74, 6) is 0.519. The Kier molecular flexibility index (Phi) is 4.44. The molecular formula is C15H13BrN4OS. The van der Waals surface area contributed by atoms with Gasteiger partial charge in [-0.05, 0) is 48.0 Å². The summed E-state index contributed by atoms with van der Waals surface area (Å²) >= 11 is 4.91. The fraction of sp³-hybridized carbons (Fsp3) is 0.200. The van der Waals surface area contributed by atoms with Crippen LogP contribution < -0.4 is 0 Å². The van der Waals surface area contributed by atoms with E-state index in [2.05, 4.69) is 38.3 Å². The summed E-state index contributed by atoms with van der Waals surface area (Å²) in [4.78, 5) is 15.5. The van der Waals surface area contributed by atoms with E-state index in [4.69, 9.17) is 0 Å². The van der Waals surface area contributed by atoms with Crippen molar-refractivity contribution >= 4 is 33.0 Å². The molecule has 0 saturated heterocycles. The standard InChI is InChI=1S/C15H13BrN4OS/c1-2-12-7-8-14(22-12)13(21)9-20-18-15(17-19-20)10-3-5-11(16)6-4-10/h3-8H,2,9H2,1H3. The van der Waals surface area contributed by atoms with E-state index in [1.165, 1.54) is 21.0 Å². The van der Waals surface area contributed by atoms with Gasteiger partial charge in [-0.3, -0.25) is 4.79 Å². The van der Waals surface area contributed by atoms with Gasteiger partial charge in [0.1, 0.15) is 6.54 Å². The van der Waals surface area contributed by atoms with Gasteiger partial charge in [-0.25, -0.2) is 0 Å². The van der Waals surface area contributed by atoms with E-state index in [1.54, 1.807) is 0 Å². The number of halogens is 1. The number of hydrogen-bond acceptors (Lipinski definition) is 5. The number of nitrogens with zero attached hydrogens (tertiary/aromatic N) is 4. The van der Waals surface area contributed by atoms with Crippen LogP contribution in [0.25, 0.3) is 11.4 Å². The fourth-order valence-corrected chi connectivity index (χ4v) is 3.09. The van der Waals surface area contributed by atoms with Gasteiger partial charge in [0.05, 0.1) is 4.88 Å². The number of Topliss-reactive ketones (excluding diaryl/α,β-unsaturated/α-hetero) is 1. The van der Waals surface area contributed by atoms with Crippen LogP contribution in [-0.2, 0) is 13.0 Å². The van der Waals surface area contributed by atoms with E-state index in [1.807, 2.05) is 36.4 Å². The molecule has 0 radical (unpaired) electrons. The Bertz CT molecular complexity index is 794. The highest BCUT2D eigenvalue weighted by Gasteiger charge is 2.13. The second-order valence-electron chi connectivity index (χ2n) is 4.69. The number of benzene rings is 1. The maximum absolute atomic E-state index is 12.2. The molecule has 3 rings (SSSR count). The molecule has 5 nitrogen and oxygen atoms in total. The maximum Gasteiger partial charge on any atom is 0.204 e. The Morgan fingerprint density at radius 3 is 2.68 bits per heavy atom. The third-order valence-corrected chi connectivity index (χ3v) is 4.92. The summed E-state index contributed by atoms with van der Waals surface area (Å²) in [5.41, 5.74) is 0.867. The molecule has 3 aromatic rings. The molecule has 0 aliphatic carbocycles. The van der Waals surface area contributed by atoms with Crippen LogP contribution in [0.1, 0.15) is 21.5 Å². The minimum atomic E-state index is 0.00413. The molecule has 0 atom stereocenters. The average Bonchev–Trinajstić information content (AvgIpc) is 3.17. The molecule has 0 amide bonds. The molecule has 0 aliphatic rings. The molecule has 0 fully saturated rings. The van der Waals surface area contributed by atoms with Crippen molar-refractivity contribution in [2.24, 2.45) is 0 Å².